The standard InChI is InChI=1S/C11H15NO4S/c1-11(2,3)16-10(14)12-7-5-6-17-8(7)9(13)15-4/h5-6H,1-4H3,(H,12,14). The first-order chi connectivity index (χ1) is 7.83. The molecule has 17 heavy (non-hydrogen) atoms. The molecule has 1 aromatic rings. The first kappa shape index (κ1) is 13.5. The van der Waals surface area contributed by atoms with E-state index in [0.29, 0.717) is 10.6 Å². The molecule has 5 nitrogen and oxygen atoms in total. The normalized spacial score (nSPS) is 10.8. The maximum Gasteiger partial charge on any atom is 0.412 e. The van der Waals surface area contributed by atoms with Gasteiger partial charge in [0.15, 0.2) is 0 Å². The molecule has 1 heterocycles. The van der Waals surface area contributed by atoms with Crippen LogP contribution in [-0.2, 0) is 9.47 Å². The van der Waals surface area contributed by atoms with Crippen molar-refractivity contribution in [3.63, 3.8) is 0 Å². The molecule has 0 aliphatic carbocycles. The quantitative estimate of drug-likeness (QED) is 0.827. The highest BCUT2D eigenvalue weighted by atomic mass is 32.1. The van der Waals surface area contributed by atoms with Crippen molar-refractivity contribution in [3.8, 4) is 0 Å². The highest BCUT2D eigenvalue weighted by Gasteiger charge is 2.19. The smallest absolute Gasteiger partial charge is 0.412 e. The van der Waals surface area contributed by atoms with Crippen molar-refractivity contribution in [2.24, 2.45) is 0 Å². The SMILES string of the molecule is COC(=O)c1sccc1NC(=O)OC(C)(C)C. The Labute approximate surface area is 104 Å². The van der Waals surface area contributed by atoms with Crippen LogP contribution < -0.4 is 5.32 Å². The van der Waals surface area contributed by atoms with E-state index in [9.17, 15) is 9.59 Å². The van der Waals surface area contributed by atoms with Gasteiger partial charge in [0.25, 0.3) is 0 Å². The summed E-state index contributed by atoms with van der Waals surface area (Å²) in [6.07, 6.45) is -0.596. The maximum absolute atomic E-state index is 11.5. The number of ether oxygens (including phenoxy) is 2. The van der Waals surface area contributed by atoms with Crippen molar-refractivity contribution in [3.05, 3.63) is 16.3 Å². The molecule has 0 fully saturated rings. The van der Waals surface area contributed by atoms with E-state index >= 15 is 0 Å². The molecule has 0 aliphatic heterocycles. The third kappa shape index (κ3) is 4.07. The van der Waals surface area contributed by atoms with Gasteiger partial charge in [-0.1, -0.05) is 0 Å². The summed E-state index contributed by atoms with van der Waals surface area (Å²) in [5.74, 6) is -0.481. The second-order valence-corrected chi connectivity index (χ2v) is 5.20. The molecule has 1 N–H and O–H groups in total. The van der Waals surface area contributed by atoms with Gasteiger partial charge in [-0.05, 0) is 32.2 Å². The Bertz CT molecular complexity index is 419. The highest BCUT2D eigenvalue weighted by molar-refractivity contribution is 7.12. The average Bonchev–Trinajstić information content (AvgIpc) is 2.61. The lowest BCUT2D eigenvalue weighted by Gasteiger charge is -2.19. The summed E-state index contributed by atoms with van der Waals surface area (Å²) in [7, 11) is 1.29. The van der Waals surface area contributed by atoms with Crippen LogP contribution in [0.25, 0.3) is 0 Å². The van der Waals surface area contributed by atoms with Crippen molar-refractivity contribution in [1.29, 1.82) is 0 Å². The molecule has 0 aliphatic rings. The van der Waals surface area contributed by atoms with Crippen molar-refractivity contribution in [2.75, 3.05) is 12.4 Å². The van der Waals surface area contributed by atoms with Gasteiger partial charge in [0.05, 0.1) is 12.8 Å². The molecule has 0 saturated carbocycles. The van der Waals surface area contributed by atoms with Crippen LogP contribution in [0.5, 0.6) is 0 Å². The van der Waals surface area contributed by atoms with Crippen molar-refractivity contribution in [2.45, 2.75) is 26.4 Å². The van der Waals surface area contributed by atoms with Crippen LogP contribution in [0.2, 0.25) is 0 Å². The molecular formula is C11H15NO4S. The van der Waals surface area contributed by atoms with Gasteiger partial charge in [-0.15, -0.1) is 11.3 Å². The molecule has 1 aromatic heterocycles. The average molecular weight is 257 g/mol. The Morgan fingerprint density at radius 2 is 2.00 bits per heavy atom. The predicted molar refractivity (Wildman–Crippen MR) is 65.5 cm³/mol. The van der Waals surface area contributed by atoms with Gasteiger partial charge in [-0.3, -0.25) is 5.32 Å². The van der Waals surface area contributed by atoms with Crippen molar-refractivity contribution in [1.82, 2.24) is 0 Å². The van der Waals surface area contributed by atoms with E-state index in [4.69, 9.17) is 4.74 Å². The summed E-state index contributed by atoms with van der Waals surface area (Å²) in [5.41, 5.74) is -0.179. The zero-order valence-electron chi connectivity index (χ0n) is 10.2. The number of anilines is 1. The van der Waals surface area contributed by atoms with Crippen LogP contribution in [0, 0.1) is 0 Å². The Balaban J connectivity index is 2.72. The van der Waals surface area contributed by atoms with Crippen molar-refractivity contribution >= 4 is 29.1 Å². The zero-order valence-corrected chi connectivity index (χ0v) is 11.0. The molecule has 94 valence electrons. The number of hydrogen-bond donors (Lipinski definition) is 1. The fourth-order valence-electron chi connectivity index (χ4n) is 1.07. The number of carbonyl (C=O) groups is 2. The predicted octanol–water partition coefficient (Wildman–Crippen LogP) is 2.88. The summed E-state index contributed by atoms with van der Waals surface area (Å²) in [6, 6.07) is 1.63. The first-order valence-corrected chi connectivity index (χ1v) is 5.87. The first-order valence-electron chi connectivity index (χ1n) is 4.99. The molecular weight excluding hydrogens is 242 g/mol. The maximum atomic E-state index is 11.5. The van der Waals surface area contributed by atoms with Crippen LogP contribution >= 0.6 is 11.3 Å². The van der Waals surface area contributed by atoms with Gasteiger partial charge < -0.3 is 9.47 Å². The minimum Gasteiger partial charge on any atom is -0.465 e. The number of thiophene rings is 1. The van der Waals surface area contributed by atoms with Gasteiger partial charge in [-0.25, -0.2) is 9.59 Å². The number of hydrogen-bond acceptors (Lipinski definition) is 5. The molecule has 1 amide bonds. The number of carbonyl (C=O) groups excluding carboxylic acids is 2. The minimum atomic E-state index is -0.596. The van der Waals surface area contributed by atoms with E-state index in [2.05, 4.69) is 10.1 Å². The Morgan fingerprint density at radius 3 is 2.53 bits per heavy atom. The lowest BCUT2D eigenvalue weighted by Crippen LogP contribution is -2.27. The van der Waals surface area contributed by atoms with Crippen LogP contribution in [0.1, 0.15) is 30.4 Å². The Hall–Kier alpha value is -1.56. The molecule has 0 aromatic carbocycles. The van der Waals surface area contributed by atoms with E-state index in [1.807, 2.05) is 0 Å². The van der Waals surface area contributed by atoms with Gasteiger partial charge in [0.1, 0.15) is 10.5 Å². The molecule has 0 radical (unpaired) electrons. The largest absolute Gasteiger partial charge is 0.465 e. The van der Waals surface area contributed by atoms with E-state index in [0.717, 1.165) is 0 Å². The molecule has 1 rings (SSSR count). The van der Waals surface area contributed by atoms with Crippen molar-refractivity contribution < 1.29 is 19.1 Å². The van der Waals surface area contributed by atoms with Gasteiger partial charge in [-0.2, -0.15) is 0 Å². The van der Waals surface area contributed by atoms with E-state index in [1.54, 1.807) is 32.2 Å². The second kappa shape index (κ2) is 5.18. The zero-order chi connectivity index (χ0) is 13.1. The Kier molecular flexibility index (Phi) is 4.11. The highest BCUT2D eigenvalue weighted by Crippen LogP contribution is 2.23. The summed E-state index contributed by atoms with van der Waals surface area (Å²) >= 11 is 1.20. The van der Waals surface area contributed by atoms with Gasteiger partial charge >= 0.3 is 12.1 Å². The van der Waals surface area contributed by atoms with E-state index in [-0.39, 0.29) is 0 Å². The fourth-order valence-corrected chi connectivity index (χ4v) is 1.84. The third-order valence-electron chi connectivity index (χ3n) is 1.67. The van der Waals surface area contributed by atoms with Gasteiger partial charge in [0.2, 0.25) is 0 Å². The van der Waals surface area contributed by atoms with Crippen LogP contribution in [0.15, 0.2) is 11.4 Å². The second-order valence-electron chi connectivity index (χ2n) is 4.28. The summed E-state index contributed by atoms with van der Waals surface area (Å²) in [4.78, 5) is 23.2. The number of amides is 1. The van der Waals surface area contributed by atoms with Crippen LogP contribution in [-0.4, -0.2) is 24.8 Å². The fraction of sp³-hybridized carbons (Fsp3) is 0.455. The lowest BCUT2D eigenvalue weighted by atomic mass is 10.2. The van der Waals surface area contributed by atoms with Crippen LogP contribution in [0.3, 0.4) is 0 Å². The molecule has 6 heteroatoms. The molecule has 0 bridgehead atoms. The lowest BCUT2D eigenvalue weighted by molar-refractivity contribution is 0.0607. The topological polar surface area (TPSA) is 64.6 Å². The van der Waals surface area contributed by atoms with E-state index in [1.165, 1.54) is 18.4 Å². The molecule has 0 unspecified atom stereocenters. The van der Waals surface area contributed by atoms with Gasteiger partial charge in [0, 0.05) is 0 Å². The van der Waals surface area contributed by atoms with E-state index < -0.39 is 17.7 Å². The number of esters is 1. The Morgan fingerprint density at radius 1 is 1.35 bits per heavy atom. The minimum absolute atomic E-state index is 0.346. The number of nitrogens with one attached hydrogen (secondary N) is 1. The summed E-state index contributed by atoms with van der Waals surface area (Å²) in [6.45, 7) is 5.30. The summed E-state index contributed by atoms with van der Waals surface area (Å²) < 4.78 is 9.68. The number of methoxy groups -OCH3 is 1. The summed E-state index contributed by atoms with van der Waals surface area (Å²) in [5, 5.41) is 4.20. The third-order valence-corrected chi connectivity index (χ3v) is 2.57. The number of rotatable bonds is 2. The molecule has 0 saturated heterocycles. The monoisotopic (exact) mass is 257 g/mol. The molecule has 0 atom stereocenters. The molecule has 0 spiro atoms. The van der Waals surface area contributed by atoms with Crippen LogP contribution in [0.4, 0.5) is 10.5 Å².